The highest BCUT2D eigenvalue weighted by Gasteiger charge is 2.26. The molecule has 7 heteroatoms. The molecule has 1 unspecified atom stereocenters. The Morgan fingerprint density at radius 1 is 1.61 bits per heavy atom. The molecule has 1 aliphatic heterocycles. The molecular weight excluding hydrogens is 255 g/mol. The molecule has 2 rings (SSSR count). The van der Waals surface area contributed by atoms with Gasteiger partial charge in [-0.3, -0.25) is 4.72 Å². The Kier molecular flexibility index (Phi) is 3.79. The molecule has 3 N–H and O–H groups in total. The van der Waals surface area contributed by atoms with E-state index in [1.165, 1.54) is 4.31 Å². The zero-order valence-corrected chi connectivity index (χ0v) is 10.4. The van der Waals surface area contributed by atoms with Crippen LogP contribution in [0.15, 0.2) is 18.2 Å². The molecule has 96 valence electrons. The molecular formula is C11H13FN4OS. The number of rotatable bonds is 3. The lowest BCUT2D eigenvalue weighted by atomic mass is 10.1. The number of hydrogen-bond acceptors (Lipinski definition) is 3. The molecule has 0 bridgehead atoms. The highest BCUT2D eigenvalue weighted by Crippen LogP contribution is 2.23. The molecule has 2 atom stereocenters. The molecule has 0 aliphatic carbocycles. The monoisotopic (exact) mass is 268 g/mol. The van der Waals surface area contributed by atoms with Crippen LogP contribution in [0.5, 0.6) is 0 Å². The molecule has 0 amide bonds. The van der Waals surface area contributed by atoms with Gasteiger partial charge in [0.15, 0.2) is 11.2 Å². The lowest BCUT2D eigenvalue weighted by molar-refractivity contribution is 0.347. The number of benzene rings is 1. The molecule has 1 aromatic rings. The predicted octanol–water partition coefficient (Wildman–Crippen LogP) is 1.17. The van der Waals surface area contributed by atoms with E-state index in [1.54, 1.807) is 18.2 Å². The first-order valence-corrected chi connectivity index (χ1v) is 6.58. The van der Waals surface area contributed by atoms with Gasteiger partial charge < -0.3 is 5.73 Å². The van der Waals surface area contributed by atoms with E-state index < -0.39 is 17.3 Å². The average molecular weight is 268 g/mol. The minimum absolute atomic E-state index is 0.143. The van der Waals surface area contributed by atoms with Gasteiger partial charge in [0, 0.05) is 13.1 Å². The Balaban J connectivity index is 2.13. The first-order valence-electron chi connectivity index (χ1n) is 5.48. The standard InChI is InChI=1S/C11H13FN4OS/c12-8-4-5-16(7-8)18(17)15-11-3-1-2-10(14)9(11)6-13/h1-3,8,15H,4-5,7,14H2/t8-,18?/m1/s1. The van der Waals surface area contributed by atoms with Crippen LogP contribution in [0.1, 0.15) is 12.0 Å². The maximum absolute atomic E-state index is 13.0. The quantitative estimate of drug-likeness (QED) is 0.807. The van der Waals surface area contributed by atoms with Crippen LogP contribution < -0.4 is 10.5 Å². The zero-order chi connectivity index (χ0) is 13.1. The summed E-state index contributed by atoms with van der Waals surface area (Å²) in [5, 5.41) is 8.98. The lowest BCUT2D eigenvalue weighted by Gasteiger charge is -2.16. The van der Waals surface area contributed by atoms with Crippen LogP contribution in [-0.2, 0) is 11.2 Å². The maximum Gasteiger partial charge on any atom is 0.196 e. The SMILES string of the molecule is N#Cc1c(N)cccc1NS(=O)N1CC[C@@H](F)C1. The van der Waals surface area contributed by atoms with Crippen LogP contribution in [0.25, 0.3) is 0 Å². The van der Waals surface area contributed by atoms with Crippen molar-refractivity contribution in [2.45, 2.75) is 12.6 Å². The Labute approximate surface area is 107 Å². The second-order valence-corrected chi connectivity index (χ2v) is 5.23. The van der Waals surface area contributed by atoms with Crippen LogP contribution in [0.3, 0.4) is 0 Å². The molecule has 1 heterocycles. The molecule has 0 saturated carbocycles. The van der Waals surface area contributed by atoms with E-state index in [9.17, 15) is 8.60 Å². The van der Waals surface area contributed by atoms with Gasteiger partial charge in [0.2, 0.25) is 0 Å². The minimum atomic E-state index is -1.55. The number of halogens is 1. The van der Waals surface area contributed by atoms with E-state index in [2.05, 4.69) is 4.72 Å². The Bertz CT molecular complexity index is 516. The second-order valence-electron chi connectivity index (χ2n) is 4.01. The molecule has 1 saturated heterocycles. The number of anilines is 2. The Morgan fingerprint density at radius 3 is 3.00 bits per heavy atom. The summed E-state index contributed by atoms with van der Waals surface area (Å²) in [5.74, 6) is 0. The summed E-state index contributed by atoms with van der Waals surface area (Å²) in [6, 6.07) is 6.84. The average Bonchev–Trinajstić information content (AvgIpc) is 2.76. The largest absolute Gasteiger partial charge is 0.398 e. The van der Waals surface area contributed by atoms with E-state index in [-0.39, 0.29) is 12.1 Å². The fourth-order valence-electron chi connectivity index (χ4n) is 1.78. The topological polar surface area (TPSA) is 82.1 Å². The second kappa shape index (κ2) is 5.33. The van der Waals surface area contributed by atoms with Gasteiger partial charge >= 0.3 is 0 Å². The van der Waals surface area contributed by atoms with Crippen LogP contribution in [-0.4, -0.2) is 27.8 Å². The summed E-state index contributed by atoms with van der Waals surface area (Å²) in [4.78, 5) is 0. The van der Waals surface area contributed by atoms with Gasteiger partial charge in [-0.05, 0) is 18.6 Å². The Hall–Kier alpha value is -1.65. The number of nitrogens with zero attached hydrogens (tertiary/aromatic N) is 2. The molecule has 1 aromatic carbocycles. The van der Waals surface area contributed by atoms with Crippen molar-refractivity contribution >= 4 is 22.5 Å². The van der Waals surface area contributed by atoms with E-state index in [4.69, 9.17) is 11.0 Å². The molecule has 0 radical (unpaired) electrons. The number of nitrogens with two attached hydrogens (primary N) is 1. The van der Waals surface area contributed by atoms with Crippen molar-refractivity contribution in [1.82, 2.24) is 4.31 Å². The van der Waals surface area contributed by atoms with E-state index in [1.807, 2.05) is 6.07 Å². The molecule has 18 heavy (non-hydrogen) atoms. The van der Waals surface area contributed by atoms with E-state index in [0.29, 0.717) is 24.3 Å². The van der Waals surface area contributed by atoms with Crippen molar-refractivity contribution < 1.29 is 8.60 Å². The van der Waals surface area contributed by atoms with Crippen LogP contribution in [0.4, 0.5) is 15.8 Å². The molecule has 5 nitrogen and oxygen atoms in total. The van der Waals surface area contributed by atoms with Gasteiger partial charge in [0.25, 0.3) is 0 Å². The van der Waals surface area contributed by atoms with E-state index in [0.717, 1.165) is 0 Å². The van der Waals surface area contributed by atoms with Crippen molar-refractivity contribution in [3.05, 3.63) is 23.8 Å². The summed E-state index contributed by atoms with van der Waals surface area (Å²) >= 11 is -1.55. The summed E-state index contributed by atoms with van der Waals surface area (Å²) in [5.41, 5.74) is 6.62. The highest BCUT2D eigenvalue weighted by molar-refractivity contribution is 7.84. The van der Waals surface area contributed by atoms with Gasteiger partial charge in [0.05, 0.1) is 16.9 Å². The molecule has 0 spiro atoms. The van der Waals surface area contributed by atoms with Crippen LogP contribution in [0, 0.1) is 11.3 Å². The summed E-state index contributed by atoms with van der Waals surface area (Å²) in [6.07, 6.45) is -0.554. The third kappa shape index (κ3) is 2.60. The van der Waals surface area contributed by atoms with Gasteiger partial charge in [-0.25, -0.2) is 12.9 Å². The van der Waals surface area contributed by atoms with Crippen molar-refractivity contribution in [1.29, 1.82) is 5.26 Å². The van der Waals surface area contributed by atoms with Crippen molar-refractivity contribution in [2.24, 2.45) is 0 Å². The van der Waals surface area contributed by atoms with Gasteiger partial charge in [-0.2, -0.15) is 5.26 Å². The highest BCUT2D eigenvalue weighted by atomic mass is 32.2. The van der Waals surface area contributed by atoms with E-state index >= 15 is 0 Å². The number of hydrogen-bond donors (Lipinski definition) is 2. The fraction of sp³-hybridized carbons (Fsp3) is 0.364. The summed E-state index contributed by atoms with van der Waals surface area (Å²) < 4.78 is 29.1. The first-order chi connectivity index (χ1) is 8.61. The van der Waals surface area contributed by atoms with Gasteiger partial charge in [0.1, 0.15) is 12.2 Å². The smallest absolute Gasteiger partial charge is 0.196 e. The normalized spacial score (nSPS) is 21.4. The van der Waals surface area contributed by atoms with Crippen molar-refractivity contribution in [2.75, 3.05) is 23.5 Å². The molecule has 0 aromatic heterocycles. The van der Waals surface area contributed by atoms with Crippen molar-refractivity contribution in [3.8, 4) is 6.07 Å². The van der Waals surface area contributed by atoms with Crippen molar-refractivity contribution in [3.63, 3.8) is 0 Å². The first kappa shape index (κ1) is 12.8. The molecule has 1 fully saturated rings. The minimum Gasteiger partial charge on any atom is -0.398 e. The summed E-state index contributed by atoms with van der Waals surface area (Å²) in [6.45, 7) is 0.578. The zero-order valence-electron chi connectivity index (χ0n) is 9.60. The third-order valence-corrected chi connectivity index (χ3v) is 3.93. The number of nitrogens with one attached hydrogen (secondary N) is 1. The van der Waals surface area contributed by atoms with Crippen LogP contribution >= 0.6 is 0 Å². The number of alkyl halides is 1. The van der Waals surface area contributed by atoms with Gasteiger partial charge in [-0.15, -0.1) is 0 Å². The third-order valence-electron chi connectivity index (χ3n) is 2.73. The predicted molar refractivity (Wildman–Crippen MR) is 68.4 cm³/mol. The Morgan fingerprint density at radius 2 is 2.39 bits per heavy atom. The number of nitriles is 1. The van der Waals surface area contributed by atoms with Crippen LogP contribution in [0.2, 0.25) is 0 Å². The summed E-state index contributed by atoms with van der Waals surface area (Å²) in [7, 11) is 0. The lowest BCUT2D eigenvalue weighted by Crippen LogP contribution is -2.28. The fourth-order valence-corrected chi connectivity index (χ4v) is 2.83. The van der Waals surface area contributed by atoms with Gasteiger partial charge in [-0.1, -0.05) is 6.07 Å². The number of nitrogen functional groups attached to an aromatic ring is 1. The maximum atomic E-state index is 13.0. The molecule has 1 aliphatic rings.